The van der Waals surface area contributed by atoms with Crippen LogP contribution in [0.4, 0.5) is 28.7 Å². The smallest absolute Gasteiger partial charge is 0.261 e. The molecule has 0 unspecified atom stereocenters. The van der Waals surface area contributed by atoms with Crippen LogP contribution < -0.4 is 15.4 Å². The minimum Gasteiger partial charge on any atom is -0.340 e. The van der Waals surface area contributed by atoms with Gasteiger partial charge in [0.1, 0.15) is 17.5 Å². The summed E-state index contributed by atoms with van der Waals surface area (Å²) >= 11 is 5.84. The molecule has 1 heterocycles. The van der Waals surface area contributed by atoms with Crippen molar-refractivity contribution in [2.24, 2.45) is 0 Å². The second-order valence-electron chi connectivity index (χ2n) is 7.44. The number of aromatic nitrogens is 2. The fraction of sp³-hybridized carbons (Fsp3) is 0.0833. The second kappa shape index (κ2) is 9.48. The lowest BCUT2D eigenvalue weighted by Gasteiger charge is -2.12. The van der Waals surface area contributed by atoms with Crippen molar-refractivity contribution in [2.75, 3.05) is 15.4 Å². The van der Waals surface area contributed by atoms with E-state index in [4.69, 9.17) is 11.6 Å². The van der Waals surface area contributed by atoms with Gasteiger partial charge in [0.15, 0.2) is 0 Å². The van der Waals surface area contributed by atoms with Gasteiger partial charge < -0.3 is 10.6 Å². The summed E-state index contributed by atoms with van der Waals surface area (Å²) < 4.78 is 27.6. The molecule has 4 rings (SSSR count). The highest BCUT2D eigenvalue weighted by Gasteiger charge is 2.14. The van der Waals surface area contributed by atoms with Crippen molar-refractivity contribution in [3.05, 3.63) is 95.3 Å². The lowest BCUT2D eigenvalue weighted by atomic mass is 10.2. The van der Waals surface area contributed by atoms with Gasteiger partial charge in [0.25, 0.3) is 10.0 Å². The standard InChI is InChI=1S/C24H22ClN5O2S/c1-16-3-7-19(8-4-16)28-23-15-24(27-17(2)26-23)29-20-9-11-21(12-10-20)30-33(31,32)22-13-5-18(25)6-14-22/h3-15,30H,1-2H3,(H2,26,27,28,29). The molecule has 0 radical (unpaired) electrons. The number of benzene rings is 3. The van der Waals surface area contributed by atoms with Crippen LogP contribution in [0.25, 0.3) is 0 Å². The molecule has 3 N–H and O–H groups in total. The van der Waals surface area contributed by atoms with E-state index in [1.54, 1.807) is 24.3 Å². The second-order valence-corrected chi connectivity index (χ2v) is 9.56. The van der Waals surface area contributed by atoms with Gasteiger partial charge in [-0.25, -0.2) is 18.4 Å². The Morgan fingerprint density at radius 2 is 1.18 bits per heavy atom. The number of rotatable bonds is 7. The lowest BCUT2D eigenvalue weighted by molar-refractivity contribution is 0.601. The molecule has 0 atom stereocenters. The van der Waals surface area contributed by atoms with Crippen LogP contribution in [0.3, 0.4) is 0 Å². The van der Waals surface area contributed by atoms with Gasteiger partial charge in [0, 0.05) is 28.2 Å². The average molecular weight is 480 g/mol. The van der Waals surface area contributed by atoms with Gasteiger partial charge in [0.05, 0.1) is 4.90 Å². The van der Waals surface area contributed by atoms with E-state index < -0.39 is 10.0 Å². The van der Waals surface area contributed by atoms with Crippen molar-refractivity contribution in [1.29, 1.82) is 0 Å². The Morgan fingerprint density at radius 1 is 0.697 bits per heavy atom. The number of nitrogens with one attached hydrogen (secondary N) is 3. The topological polar surface area (TPSA) is 96.0 Å². The van der Waals surface area contributed by atoms with E-state index in [9.17, 15) is 8.42 Å². The number of nitrogens with zero attached hydrogens (tertiary/aromatic N) is 2. The minimum atomic E-state index is -3.70. The van der Waals surface area contributed by atoms with Gasteiger partial charge in [-0.3, -0.25) is 4.72 Å². The molecule has 0 amide bonds. The molecule has 168 valence electrons. The zero-order valence-corrected chi connectivity index (χ0v) is 19.6. The molecular formula is C24H22ClN5O2S. The number of halogens is 1. The van der Waals surface area contributed by atoms with E-state index in [-0.39, 0.29) is 4.90 Å². The molecule has 0 saturated heterocycles. The predicted molar refractivity (Wildman–Crippen MR) is 133 cm³/mol. The van der Waals surface area contributed by atoms with Gasteiger partial charge in [0.2, 0.25) is 0 Å². The normalized spacial score (nSPS) is 11.1. The van der Waals surface area contributed by atoms with E-state index in [2.05, 4.69) is 25.3 Å². The Morgan fingerprint density at radius 3 is 1.73 bits per heavy atom. The van der Waals surface area contributed by atoms with Gasteiger partial charge >= 0.3 is 0 Å². The molecule has 33 heavy (non-hydrogen) atoms. The van der Waals surface area contributed by atoms with Gasteiger partial charge in [-0.1, -0.05) is 29.3 Å². The first-order valence-electron chi connectivity index (χ1n) is 10.1. The predicted octanol–water partition coefficient (Wildman–Crippen LogP) is 6.03. The van der Waals surface area contributed by atoms with E-state index in [1.807, 2.05) is 44.2 Å². The molecule has 0 saturated carbocycles. The highest BCUT2D eigenvalue weighted by Crippen LogP contribution is 2.23. The monoisotopic (exact) mass is 479 g/mol. The van der Waals surface area contributed by atoms with Crippen molar-refractivity contribution < 1.29 is 8.42 Å². The maximum absolute atomic E-state index is 12.5. The fourth-order valence-corrected chi connectivity index (χ4v) is 4.26. The number of sulfonamides is 1. The Bertz CT molecular complexity index is 1360. The van der Waals surface area contributed by atoms with Gasteiger partial charge in [-0.05, 0) is 74.5 Å². The lowest BCUT2D eigenvalue weighted by Crippen LogP contribution is -2.12. The molecule has 7 nitrogen and oxygen atoms in total. The number of aryl methyl sites for hydroxylation is 2. The quantitative estimate of drug-likeness (QED) is 0.299. The Kier molecular flexibility index (Phi) is 6.48. The van der Waals surface area contributed by atoms with Crippen LogP contribution in [0, 0.1) is 13.8 Å². The van der Waals surface area contributed by atoms with Crippen LogP contribution >= 0.6 is 11.6 Å². The van der Waals surface area contributed by atoms with Crippen LogP contribution in [0.2, 0.25) is 5.02 Å². The maximum Gasteiger partial charge on any atom is 0.261 e. The van der Waals surface area contributed by atoms with Crippen LogP contribution in [-0.4, -0.2) is 18.4 Å². The Hall–Kier alpha value is -3.62. The summed E-state index contributed by atoms with van der Waals surface area (Å²) in [6, 6.07) is 22.7. The molecule has 0 aliphatic rings. The summed E-state index contributed by atoms with van der Waals surface area (Å²) in [5.74, 6) is 1.90. The summed E-state index contributed by atoms with van der Waals surface area (Å²) in [5.41, 5.74) is 3.31. The molecule has 0 fully saturated rings. The SMILES string of the molecule is Cc1ccc(Nc2cc(Nc3ccc(NS(=O)(=O)c4ccc(Cl)cc4)cc3)nc(C)n2)cc1. The zero-order chi connectivity index (χ0) is 23.4. The van der Waals surface area contributed by atoms with Crippen molar-refractivity contribution >= 4 is 50.3 Å². The van der Waals surface area contributed by atoms with Crippen molar-refractivity contribution in [3.63, 3.8) is 0 Å². The maximum atomic E-state index is 12.5. The van der Waals surface area contributed by atoms with E-state index >= 15 is 0 Å². The number of hydrogen-bond donors (Lipinski definition) is 3. The van der Waals surface area contributed by atoms with Gasteiger partial charge in [-0.15, -0.1) is 0 Å². The van der Waals surface area contributed by atoms with Crippen LogP contribution in [0.1, 0.15) is 11.4 Å². The highest BCUT2D eigenvalue weighted by atomic mass is 35.5. The summed E-state index contributed by atoms with van der Waals surface area (Å²) in [6.45, 7) is 3.86. The summed E-state index contributed by atoms with van der Waals surface area (Å²) in [6.07, 6.45) is 0. The first-order valence-corrected chi connectivity index (χ1v) is 12.0. The van der Waals surface area contributed by atoms with Crippen molar-refractivity contribution in [3.8, 4) is 0 Å². The molecular weight excluding hydrogens is 458 g/mol. The molecule has 4 aromatic rings. The van der Waals surface area contributed by atoms with Crippen LogP contribution in [0.15, 0.2) is 83.8 Å². The fourth-order valence-electron chi connectivity index (χ4n) is 3.08. The van der Waals surface area contributed by atoms with Crippen molar-refractivity contribution in [2.45, 2.75) is 18.7 Å². The molecule has 9 heteroatoms. The third kappa shape index (κ3) is 6.00. The first-order chi connectivity index (χ1) is 15.8. The number of anilines is 5. The molecule has 0 aliphatic carbocycles. The average Bonchev–Trinajstić information content (AvgIpc) is 2.76. The summed E-state index contributed by atoms with van der Waals surface area (Å²) in [4.78, 5) is 9.00. The van der Waals surface area contributed by atoms with E-state index in [0.29, 0.717) is 28.2 Å². The molecule has 3 aromatic carbocycles. The molecule has 0 bridgehead atoms. The van der Waals surface area contributed by atoms with Gasteiger partial charge in [-0.2, -0.15) is 0 Å². The Balaban J connectivity index is 1.46. The van der Waals surface area contributed by atoms with Crippen LogP contribution in [-0.2, 0) is 10.0 Å². The summed E-state index contributed by atoms with van der Waals surface area (Å²) in [7, 11) is -3.70. The zero-order valence-electron chi connectivity index (χ0n) is 18.0. The molecule has 0 aliphatic heterocycles. The first kappa shape index (κ1) is 22.6. The van der Waals surface area contributed by atoms with Crippen molar-refractivity contribution in [1.82, 2.24) is 9.97 Å². The third-order valence-corrected chi connectivity index (χ3v) is 6.34. The molecule has 1 aromatic heterocycles. The van der Waals surface area contributed by atoms with E-state index in [0.717, 1.165) is 11.4 Å². The number of hydrogen-bond acceptors (Lipinski definition) is 6. The van der Waals surface area contributed by atoms with E-state index in [1.165, 1.54) is 29.8 Å². The summed E-state index contributed by atoms with van der Waals surface area (Å²) in [5, 5.41) is 6.97. The third-order valence-electron chi connectivity index (χ3n) is 4.70. The molecule has 0 spiro atoms. The largest absolute Gasteiger partial charge is 0.340 e. The highest BCUT2D eigenvalue weighted by molar-refractivity contribution is 7.92. The van der Waals surface area contributed by atoms with Crippen LogP contribution in [0.5, 0.6) is 0 Å². The minimum absolute atomic E-state index is 0.138. The Labute approximate surface area is 197 Å².